The second kappa shape index (κ2) is 9.68. The predicted octanol–water partition coefficient (Wildman–Crippen LogP) is 6.49. The van der Waals surface area contributed by atoms with Gasteiger partial charge in [0, 0.05) is 10.6 Å². The molecule has 112 valence electrons. The Balaban J connectivity index is 1.84. The van der Waals surface area contributed by atoms with E-state index in [4.69, 9.17) is 0 Å². The Morgan fingerprint density at radius 1 is 0.762 bits per heavy atom. The normalized spacial score (nSPS) is 10.7. The molecule has 0 spiro atoms. The lowest BCUT2D eigenvalue weighted by Crippen LogP contribution is -1.90. The third-order valence-corrected chi connectivity index (χ3v) is 4.95. The second-order valence-corrected chi connectivity index (χ2v) is 6.56. The molecule has 0 heterocycles. The molecule has 0 radical (unpaired) electrons. The van der Waals surface area contributed by atoms with E-state index >= 15 is 0 Å². The van der Waals surface area contributed by atoms with Crippen molar-refractivity contribution in [3.8, 4) is 0 Å². The van der Waals surface area contributed by atoms with Crippen LogP contribution in [0.1, 0.15) is 50.2 Å². The molecule has 0 atom stereocenters. The maximum absolute atomic E-state index is 2.30. The maximum atomic E-state index is 2.30. The van der Waals surface area contributed by atoms with Gasteiger partial charge in [-0.1, -0.05) is 81.1 Å². The van der Waals surface area contributed by atoms with Crippen molar-refractivity contribution in [1.82, 2.24) is 0 Å². The van der Waals surface area contributed by atoms with E-state index in [1.165, 1.54) is 54.5 Å². The minimum Gasteiger partial charge on any atom is -0.121 e. The van der Waals surface area contributed by atoms with Gasteiger partial charge in [0.1, 0.15) is 0 Å². The molecule has 0 nitrogen and oxygen atoms in total. The predicted molar refractivity (Wildman–Crippen MR) is 94.9 cm³/mol. The van der Waals surface area contributed by atoms with Crippen LogP contribution in [0.2, 0.25) is 0 Å². The molecule has 0 bridgehead atoms. The van der Waals surface area contributed by atoms with E-state index in [1.807, 2.05) is 11.8 Å². The summed E-state index contributed by atoms with van der Waals surface area (Å²) in [7, 11) is 0. The van der Waals surface area contributed by atoms with Gasteiger partial charge >= 0.3 is 0 Å². The Morgan fingerprint density at radius 2 is 1.48 bits per heavy atom. The van der Waals surface area contributed by atoms with Crippen molar-refractivity contribution in [2.45, 2.75) is 56.1 Å². The van der Waals surface area contributed by atoms with E-state index in [9.17, 15) is 0 Å². The molecule has 0 amide bonds. The number of hydrogen-bond donors (Lipinski definition) is 0. The van der Waals surface area contributed by atoms with Crippen LogP contribution in [0.4, 0.5) is 0 Å². The summed E-state index contributed by atoms with van der Waals surface area (Å²) in [6.45, 7) is 2.27. The molecule has 1 heteroatoms. The van der Waals surface area contributed by atoms with Crippen LogP contribution in [0.25, 0.3) is 0 Å². The number of aryl methyl sites for hydroxylation is 1. The third kappa shape index (κ3) is 5.97. The number of benzene rings is 2. The summed E-state index contributed by atoms with van der Waals surface area (Å²) in [5.74, 6) is 1.06. The van der Waals surface area contributed by atoms with Crippen LogP contribution in [0.3, 0.4) is 0 Å². The van der Waals surface area contributed by atoms with Crippen LogP contribution in [-0.2, 0) is 12.2 Å². The molecule has 0 saturated carbocycles. The quantitative estimate of drug-likeness (QED) is 0.376. The Morgan fingerprint density at radius 3 is 2.29 bits per heavy atom. The highest BCUT2D eigenvalue weighted by Crippen LogP contribution is 2.27. The number of hydrogen-bond acceptors (Lipinski definition) is 1. The highest BCUT2D eigenvalue weighted by Gasteiger charge is 2.03. The van der Waals surface area contributed by atoms with Crippen molar-refractivity contribution in [3.05, 3.63) is 65.7 Å². The number of thioether (sulfide) groups is 1. The molecule has 0 N–H and O–H groups in total. The van der Waals surface area contributed by atoms with Gasteiger partial charge in [-0.25, -0.2) is 0 Å². The lowest BCUT2D eigenvalue weighted by atomic mass is 10.1. The zero-order valence-electron chi connectivity index (χ0n) is 13.1. The molecule has 0 saturated heterocycles. The Kier molecular flexibility index (Phi) is 7.45. The van der Waals surface area contributed by atoms with E-state index in [-0.39, 0.29) is 0 Å². The van der Waals surface area contributed by atoms with Gasteiger partial charge < -0.3 is 0 Å². The van der Waals surface area contributed by atoms with Gasteiger partial charge in [-0.15, -0.1) is 11.8 Å². The summed E-state index contributed by atoms with van der Waals surface area (Å²) in [6, 6.07) is 19.6. The zero-order chi connectivity index (χ0) is 14.8. The van der Waals surface area contributed by atoms with Gasteiger partial charge in [-0.2, -0.15) is 0 Å². The van der Waals surface area contributed by atoms with E-state index in [1.54, 1.807) is 0 Å². The highest BCUT2D eigenvalue weighted by molar-refractivity contribution is 7.98. The molecule has 0 aliphatic heterocycles. The fourth-order valence-electron chi connectivity index (χ4n) is 2.51. The van der Waals surface area contributed by atoms with Crippen molar-refractivity contribution in [1.29, 1.82) is 0 Å². The smallest absolute Gasteiger partial charge is 0.0232 e. The van der Waals surface area contributed by atoms with Gasteiger partial charge in [-0.3, -0.25) is 0 Å². The van der Waals surface area contributed by atoms with Crippen molar-refractivity contribution in [2.75, 3.05) is 0 Å². The van der Waals surface area contributed by atoms with Gasteiger partial charge in [0.05, 0.1) is 0 Å². The van der Waals surface area contributed by atoms with Crippen LogP contribution >= 0.6 is 11.8 Å². The number of unbranched alkanes of at least 4 members (excludes halogenated alkanes) is 4. The highest BCUT2D eigenvalue weighted by atomic mass is 32.2. The first-order valence-corrected chi connectivity index (χ1v) is 9.13. The Bertz CT molecular complexity index is 504. The van der Waals surface area contributed by atoms with Gasteiger partial charge in [0.2, 0.25) is 0 Å². The molecule has 21 heavy (non-hydrogen) atoms. The van der Waals surface area contributed by atoms with Crippen molar-refractivity contribution in [3.63, 3.8) is 0 Å². The van der Waals surface area contributed by atoms with Gasteiger partial charge in [-0.05, 0) is 30.0 Å². The molecular formula is C20H26S. The van der Waals surface area contributed by atoms with Crippen LogP contribution in [0.15, 0.2) is 59.5 Å². The summed E-state index contributed by atoms with van der Waals surface area (Å²) in [5.41, 5.74) is 2.93. The molecule has 2 aromatic rings. The van der Waals surface area contributed by atoms with Crippen LogP contribution in [0, 0.1) is 0 Å². The average Bonchev–Trinajstić information content (AvgIpc) is 2.55. The Hall–Kier alpha value is -1.21. The average molecular weight is 298 g/mol. The van der Waals surface area contributed by atoms with Crippen LogP contribution in [-0.4, -0.2) is 0 Å². The zero-order valence-corrected chi connectivity index (χ0v) is 13.9. The molecule has 0 fully saturated rings. The summed E-state index contributed by atoms with van der Waals surface area (Å²) in [6.07, 6.45) is 8.00. The molecule has 2 aromatic carbocycles. The van der Waals surface area contributed by atoms with Crippen molar-refractivity contribution >= 4 is 11.8 Å². The topological polar surface area (TPSA) is 0 Å². The standard InChI is InChI=1S/C20H26S/c1-2-3-4-5-9-14-19-15-10-11-16-20(19)21-17-18-12-7-6-8-13-18/h6-8,10-13,15-16H,2-5,9,14,17H2,1H3. The summed E-state index contributed by atoms with van der Waals surface area (Å²) in [5, 5.41) is 0. The Labute approximate surface area is 134 Å². The molecule has 0 aliphatic rings. The van der Waals surface area contributed by atoms with Crippen molar-refractivity contribution in [2.24, 2.45) is 0 Å². The molecule has 0 aromatic heterocycles. The minimum absolute atomic E-state index is 1.06. The largest absolute Gasteiger partial charge is 0.121 e. The molecule has 2 rings (SSSR count). The summed E-state index contributed by atoms with van der Waals surface area (Å²) in [4.78, 5) is 1.46. The first-order chi connectivity index (χ1) is 10.4. The fourth-order valence-corrected chi connectivity index (χ4v) is 3.55. The first kappa shape index (κ1) is 16.2. The van der Waals surface area contributed by atoms with Crippen molar-refractivity contribution < 1.29 is 0 Å². The molecular weight excluding hydrogens is 272 g/mol. The summed E-state index contributed by atoms with van der Waals surface area (Å²) >= 11 is 1.97. The third-order valence-electron chi connectivity index (χ3n) is 3.76. The van der Waals surface area contributed by atoms with Gasteiger partial charge in [0.25, 0.3) is 0 Å². The van der Waals surface area contributed by atoms with E-state index in [0.717, 1.165) is 5.75 Å². The van der Waals surface area contributed by atoms with E-state index in [2.05, 4.69) is 61.5 Å². The first-order valence-electron chi connectivity index (χ1n) is 8.15. The van der Waals surface area contributed by atoms with E-state index < -0.39 is 0 Å². The van der Waals surface area contributed by atoms with E-state index in [0.29, 0.717) is 0 Å². The maximum Gasteiger partial charge on any atom is 0.0232 e. The monoisotopic (exact) mass is 298 g/mol. The lowest BCUT2D eigenvalue weighted by molar-refractivity contribution is 0.630. The van der Waals surface area contributed by atoms with Gasteiger partial charge in [0.15, 0.2) is 0 Å². The summed E-state index contributed by atoms with van der Waals surface area (Å²) < 4.78 is 0. The van der Waals surface area contributed by atoms with Crippen LogP contribution < -0.4 is 0 Å². The van der Waals surface area contributed by atoms with Crippen LogP contribution in [0.5, 0.6) is 0 Å². The molecule has 0 unspecified atom stereocenters. The lowest BCUT2D eigenvalue weighted by Gasteiger charge is -2.09. The second-order valence-electron chi connectivity index (χ2n) is 5.55. The number of rotatable bonds is 9. The minimum atomic E-state index is 1.06. The molecule has 0 aliphatic carbocycles. The fraction of sp³-hybridized carbons (Fsp3) is 0.400. The SMILES string of the molecule is CCCCCCCc1ccccc1SCc1ccccc1.